The van der Waals surface area contributed by atoms with Crippen molar-refractivity contribution in [1.82, 2.24) is 0 Å². The Morgan fingerprint density at radius 3 is 2.32 bits per heavy atom. The minimum atomic E-state index is -0.933. The van der Waals surface area contributed by atoms with Crippen molar-refractivity contribution in [3.8, 4) is 0 Å². The summed E-state index contributed by atoms with van der Waals surface area (Å²) in [5.41, 5.74) is 9.15. The number of hydrogen-bond donors (Lipinski definition) is 3. The zero-order chi connectivity index (χ0) is 22.3. The van der Waals surface area contributed by atoms with Gasteiger partial charge in [0.05, 0.1) is 17.4 Å². The van der Waals surface area contributed by atoms with Crippen molar-refractivity contribution in [3.63, 3.8) is 0 Å². The first-order valence-electron chi connectivity index (χ1n) is 10.4. The molecule has 0 radical (unpaired) electrons. The van der Waals surface area contributed by atoms with Gasteiger partial charge in [0.25, 0.3) is 5.91 Å². The molecule has 31 heavy (non-hydrogen) atoms. The summed E-state index contributed by atoms with van der Waals surface area (Å²) in [5.74, 6) is -3.40. The van der Waals surface area contributed by atoms with Crippen LogP contribution in [0.15, 0.2) is 47.5 Å². The van der Waals surface area contributed by atoms with Crippen molar-refractivity contribution < 1.29 is 19.5 Å². The van der Waals surface area contributed by atoms with Crippen LogP contribution in [0.3, 0.4) is 0 Å². The van der Waals surface area contributed by atoms with Crippen molar-refractivity contribution in [2.45, 2.75) is 33.1 Å². The molecule has 0 aliphatic heterocycles. The van der Waals surface area contributed by atoms with Crippen LogP contribution in [0.2, 0.25) is 0 Å². The second-order valence-corrected chi connectivity index (χ2v) is 9.74. The lowest BCUT2D eigenvalue weighted by atomic mass is 9.79. The monoisotopic (exact) mass is 438 g/mol. The van der Waals surface area contributed by atoms with Crippen LogP contribution in [-0.2, 0) is 16.0 Å². The van der Waals surface area contributed by atoms with Crippen molar-refractivity contribution in [3.05, 3.63) is 63.5 Å². The molecule has 2 aromatic rings. The van der Waals surface area contributed by atoms with Gasteiger partial charge >= 0.3 is 5.97 Å². The quantitative estimate of drug-likeness (QED) is 0.591. The topological polar surface area (TPSA) is 109 Å². The summed E-state index contributed by atoms with van der Waals surface area (Å²) in [6, 6.07) is 11.5. The van der Waals surface area contributed by atoms with Gasteiger partial charge in [-0.2, -0.15) is 0 Å². The molecule has 1 heterocycles. The van der Waals surface area contributed by atoms with Crippen LogP contribution < -0.4 is 11.1 Å². The Balaban J connectivity index is 1.61. The molecule has 2 aliphatic rings. The van der Waals surface area contributed by atoms with Gasteiger partial charge in [0, 0.05) is 11.3 Å². The molecule has 162 valence electrons. The molecule has 4 rings (SSSR count). The van der Waals surface area contributed by atoms with E-state index in [0.29, 0.717) is 11.4 Å². The molecule has 4 atom stereocenters. The van der Waals surface area contributed by atoms with E-state index in [1.807, 2.05) is 44.2 Å². The van der Waals surface area contributed by atoms with Crippen molar-refractivity contribution in [2.75, 3.05) is 5.32 Å². The summed E-state index contributed by atoms with van der Waals surface area (Å²) < 4.78 is 0. The fourth-order valence-corrected chi connectivity index (χ4v) is 6.50. The number of carbonyl (C=O) groups is 3. The number of carboxylic acid groups (broad SMARTS) is 1. The number of aliphatic carboxylic acids is 1. The van der Waals surface area contributed by atoms with Crippen LogP contribution in [0.1, 0.15) is 47.5 Å². The van der Waals surface area contributed by atoms with E-state index in [4.69, 9.17) is 5.73 Å². The van der Waals surface area contributed by atoms with E-state index in [1.54, 1.807) is 6.07 Å². The van der Waals surface area contributed by atoms with Crippen LogP contribution in [0.5, 0.6) is 0 Å². The summed E-state index contributed by atoms with van der Waals surface area (Å²) >= 11 is 1.31. The van der Waals surface area contributed by atoms with Crippen LogP contribution in [0.4, 0.5) is 5.00 Å². The summed E-state index contributed by atoms with van der Waals surface area (Å²) in [7, 11) is 0. The molecular formula is C24H26N2O4S. The average Bonchev–Trinajstić information content (AvgIpc) is 3.40. The molecular weight excluding hydrogens is 412 g/mol. The number of anilines is 1. The van der Waals surface area contributed by atoms with Gasteiger partial charge in [0.2, 0.25) is 5.91 Å². The van der Waals surface area contributed by atoms with Crippen LogP contribution >= 0.6 is 11.3 Å². The second kappa shape index (κ2) is 8.30. The van der Waals surface area contributed by atoms with Gasteiger partial charge in [-0.3, -0.25) is 14.4 Å². The van der Waals surface area contributed by atoms with Gasteiger partial charge in [-0.1, -0.05) is 41.5 Å². The van der Waals surface area contributed by atoms with Crippen LogP contribution in [0, 0.1) is 23.7 Å². The lowest BCUT2D eigenvalue weighted by molar-refractivity contribution is -0.148. The summed E-state index contributed by atoms with van der Waals surface area (Å²) in [6.07, 6.45) is 2.24. The third-order valence-corrected chi connectivity index (χ3v) is 7.56. The number of hydrogen-bond acceptors (Lipinski definition) is 4. The number of nitrogens with one attached hydrogen (secondary N) is 1. The zero-order valence-corrected chi connectivity index (χ0v) is 18.4. The second-order valence-electron chi connectivity index (χ2n) is 8.61. The number of amides is 2. The Bertz CT molecular complexity index is 1070. The van der Waals surface area contributed by atoms with E-state index >= 15 is 0 Å². The number of rotatable bonds is 6. The first-order chi connectivity index (χ1) is 14.8. The highest BCUT2D eigenvalue weighted by Gasteiger charge is 2.57. The predicted octanol–water partition coefficient (Wildman–Crippen LogP) is 4.07. The molecule has 2 bridgehead atoms. The van der Waals surface area contributed by atoms with Crippen molar-refractivity contribution in [1.29, 1.82) is 0 Å². The smallest absolute Gasteiger partial charge is 0.307 e. The number of thiophene rings is 1. The molecule has 2 saturated carbocycles. The number of carboxylic acids is 1. The maximum absolute atomic E-state index is 13.3. The summed E-state index contributed by atoms with van der Waals surface area (Å²) in [5, 5.41) is 13.1. The largest absolute Gasteiger partial charge is 0.481 e. The van der Waals surface area contributed by atoms with E-state index in [0.717, 1.165) is 34.4 Å². The molecule has 7 heteroatoms. The first-order valence-corrected chi connectivity index (χ1v) is 11.3. The number of carbonyl (C=O) groups excluding carboxylic acids is 2. The van der Waals surface area contributed by atoms with Gasteiger partial charge in [-0.15, -0.1) is 11.3 Å². The SMILES string of the molecule is CC(C)=C1[C@H]2CC[C@H]1[C@@H](C(=O)Nc1sc(Cc3ccccc3)cc1C(N)=O)[C@H]2C(=O)O. The van der Waals surface area contributed by atoms with E-state index in [-0.39, 0.29) is 23.3 Å². The average molecular weight is 439 g/mol. The minimum absolute atomic E-state index is 0.0584. The standard InChI is InChI=1S/C24H26N2O4S/c1-12(2)18-15-8-9-16(18)20(24(29)30)19(15)22(28)26-23-17(21(25)27)11-14(31-23)10-13-6-4-3-5-7-13/h3-7,11,15-16,19-20H,8-10H2,1-2H3,(H2,25,27)(H,26,28)(H,29,30)/t15-,16-,19-,20+/m1/s1. The number of primary amides is 1. The van der Waals surface area contributed by atoms with Crippen LogP contribution in [0.25, 0.3) is 0 Å². The molecule has 0 spiro atoms. The fraction of sp³-hybridized carbons (Fsp3) is 0.375. The number of nitrogens with two attached hydrogens (primary N) is 1. The Morgan fingerprint density at radius 1 is 1.10 bits per heavy atom. The van der Waals surface area contributed by atoms with Gasteiger partial charge in [-0.25, -0.2) is 0 Å². The lowest BCUT2D eigenvalue weighted by Gasteiger charge is -2.26. The van der Waals surface area contributed by atoms with E-state index in [9.17, 15) is 19.5 Å². The number of allylic oxidation sites excluding steroid dienone is 2. The van der Waals surface area contributed by atoms with Gasteiger partial charge in [0.15, 0.2) is 0 Å². The third-order valence-electron chi connectivity index (χ3n) is 6.51. The van der Waals surface area contributed by atoms with Gasteiger partial charge in [-0.05, 0) is 50.2 Å². The van der Waals surface area contributed by atoms with Gasteiger partial charge < -0.3 is 16.2 Å². The molecule has 2 fully saturated rings. The normalized spacial score (nSPS) is 24.3. The molecule has 0 unspecified atom stereocenters. The highest BCUT2D eigenvalue weighted by molar-refractivity contribution is 7.16. The van der Waals surface area contributed by atoms with Crippen molar-refractivity contribution in [2.24, 2.45) is 29.4 Å². The first kappa shape index (κ1) is 21.3. The van der Waals surface area contributed by atoms with Crippen molar-refractivity contribution >= 4 is 34.1 Å². The molecule has 0 saturated heterocycles. The maximum atomic E-state index is 13.3. The van der Waals surface area contributed by atoms with Gasteiger partial charge in [0.1, 0.15) is 5.00 Å². The molecule has 1 aromatic carbocycles. The molecule has 4 N–H and O–H groups in total. The predicted molar refractivity (Wildman–Crippen MR) is 120 cm³/mol. The van der Waals surface area contributed by atoms with E-state index in [1.165, 1.54) is 11.3 Å². The Morgan fingerprint density at radius 2 is 1.74 bits per heavy atom. The highest BCUT2D eigenvalue weighted by Crippen LogP contribution is 2.57. The third kappa shape index (κ3) is 3.90. The highest BCUT2D eigenvalue weighted by atomic mass is 32.1. The number of fused-ring (bicyclic) bond motifs is 2. The minimum Gasteiger partial charge on any atom is -0.481 e. The number of benzene rings is 1. The zero-order valence-electron chi connectivity index (χ0n) is 17.6. The van der Waals surface area contributed by atoms with E-state index in [2.05, 4.69) is 5.32 Å². The lowest BCUT2D eigenvalue weighted by Crippen LogP contribution is -2.38. The summed E-state index contributed by atoms with van der Waals surface area (Å²) in [6.45, 7) is 3.97. The Kier molecular flexibility index (Phi) is 5.71. The summed E-state index contributed by atoms with van der Waals surface area (Å²) in [4.78, 5) is 38.2. The molecule has 1 aromatic heterocycles. The molecule has 6 nitrogen and oxygen atoms in total. The van der Waals surface area contributed by atoms with E-state index < -0.39 is 23.7 Å². The molecule has 2 amide bonds. The van der Waals surface area contributed by atoms with Crippen LogP contribution in [-0.4, -0.2) is 22.9 Å². The maximum Gasteiger partial charge on any atom is 0.307 e. The fourth-order valence-electron chi connectivity index (χ4n) is 5.40. The molecule has 2 aliphatic carbocycles. The Hall–Kier alpha value is -2.93. The Labute approximate surface area is 185 Å².